The van der Waals surface area contributed by atoms with E-state index in [0.717, 1.165) is 17.0 Å². The van der Waals surface area contributed by atoms with E-state index in [2.05, 4.69) is 25.7 Å². The van der Waals surface area contributed by atoms with Crippen LogP contribution in [0, 0.1) is 0 Å². The fraction of sp³-hybridized carbons (Fsp3) is 0.222. The monoisotopic (exact) mass is 548 g/mol. The number of pyridine rings is 1. The summed E-state index contributed by atoms with van der Waals surface area (Å²) < 4.78 is 23.6. The molecule has 202 valence electrons. The Kier molecular flexibility index (Phi) is 9.35. The fourth-order valence-electron chi connectivity index (χ4n) is 3.70. The standard InChI is InChI=1S/C27H28N6O5S/c1-5-38-21-11-9-20(10-12-21)33-26(19-7-6-14-28-15-19)31-32-27(33)39-17-23(34)30-29-16-18-8-13-22(35-2)25(37-4)24(18)36-3/h6-16H,5,17H2,1-4H3,(H,30,34)/b29-16+. The van der Waals surface area contributed by atoms with E-state index in [-0.39, 0.29) is 11.7 Å². The molecule has 2 heterocycles. The summed E-state index contributed by atoms with van der Waals surface area (Å²) in [4.78, 5) is 16.8. The number of benzene rings is 2. The molecule has 0 saturated heterocycles. The predicted molar refractivity (Wildman–Crippen MR) is 148 cm³/mol. The van der Waals surface area contributed by atoms with E-state index in [9.17, 15) is 4.79 Å². The SMILES string of the molecule is CCOc1ccc(-n2c(SCC(=O)N/N=C/c3ccc(OC)c(OC)c3OC)nnc2-c2cccnc2)cc1. The highest BCUT2D eigenvalue weighted by Gasteiger charge is 2.18. The zero-order valence-corrected chi connectivity index (χ0v) is 22.8. The average molecular weight is 549 g/mol. The number of rotatable bonds is 12. The molecule has 2 aromatic heterocycles. The van der Waals surface area contributed by atoms with Gasteiger partial charge in [-0.15, -0.1) is 10.2 Å². The maximum atomic E-state index is 12.6. The Morgan fingerprint density at radius 2 is 1.82 bits per heavy atom. The van der Waals surface area contributed by atoms with Crippen LogP contribution in [0.3, 0.4) is 0 Å². The van der Waals surface area contributed by atoms with Crippen LogP contribution in [0.4, 0.5) is 0 Å². The molecule has 1 N–H and O–H groups in total. The Morgan fingerprint density at radius 3 is 2.49 bits per heavy atom. The summed E-state index contributed by atoms with van der Waals surface area (Å²) >= 11 is 1.24. The van der Waals surface area contributed by atoms with Crippen molar-refractivity contribution in [3.05, 3.63) is 66.5 Å². The highest BCUT2D eigenvalue weighted by molar-refractivity contribution is 7.99. The van der Waals surface area contributed by atoms with Crippen molar-refractivity contribution < 1.29 is 23.7 Å². The summed E-state index contributed by atoms with van der Waals surface area (Å²) in [6.07, 6.45) is 4.89. The zero-order valence-electron chi connectivity index (χ0n) is 22.0. The summed E-state index contributed by atoms with van der Waals surface area (Å²) in [6, 6.07) is 14.8. The molecule has 0 radical (unpaired) electrons. The number of amides is 1. The molecule has 0 fully saturated rings. The van der Waals surface area contributed by atoms with Crippen molar-refractivity contribution in [1.29, 1.82) is 0 Å². The highest BCUT2D eigenvalue weighted by Crippen LogP contribution is 2.39. The molecule has 0 aliphatic rings. The van der Waals surface area contributed by atoms with Crippen LogP contribution in [-0.2, 0) is 4.79 Å². The van der Waals surface area contributed by atoms with Gasteiger partial charge in [-0.05, 0) is 55.5 Å². The average Bonchev–Trinajstić information content (AvgIpc) is 3.40. The maximum Gasteiger partial charge on any atom is 0.250 e. The Labute approximate surface area is 230 Å². The van der Waals surface area contributed by atoms with E-state index in [1.54, 1.807) is 31.6 Å². The molecule has 4 rings (SSSR count). The van der Waals surface area contributed by atoms with Gasteiger partial charge in [0.15, 0.2) is 22.5 Å². The largest absolute Gasteiger partial charge is 0.494 e. The first kappa shape index (κ1) is 27.5. The molecule has 2 aromatic carbocycles. The first-order valence-electron chi connectivity index (χ1n) is 11.9. The predicted octanol–water partition coefficient (Wildman–Crippen LogP) is 4.00. The van der Waals surface area contributed by atoms with Crippen molar-refractivity contribution in [3.63, 3.8) is 0 Å². The van der Waals surface area contributed by atoms with Crippen LogP contribution in [-0.4, -0.2) is 65.6 Å². The second kappa shape index (κ2) is 13.3. The first-order chi connectivity index (χ1) is 19.1. The number of carbonyl (C=O) groups excluding carboxylic acids is 1. The molecule has 1 amide bonds. The van der Waals surface area contributed by atoms with Gasteiger partial charge in [-0.1, -0.05) is 11.8 Å². The third kappa shape index (κ3) is 6.47. The third-order valence-electron chi connectivity index (χ3n) is 5.42. The van der Waals surface area contributed by atoms with Crippen LogP contribution in [0.1, 0.15) is 12.5 Å². The smallest absolute Gasteiger partial charge is 0.250 e. The third-order valence-corrected chi connectivity index (χ3v) is 6.35. The van der Waals surface area contributed by atoms with Gasteiger partial charge < -0.3 is 18.9 Å². The molecule has 0 saturated carbocycles. The number of hydrogen-bond donors (Lipinski definition) is 1. The van der Waals surface area contributed by atoms with Gasteiger partial charge in [-0.2, -0.15) is 5.10 Å². The minimum atomic E-state index is -0.320. The number of nitrogens with one attached hydrogen (secondary N) is 1. The molecule has 0 atom stereocenters. The van der Waals surface area contributed by atoms with Crippen molar-refractivity contribution >= 4 is 23.9 Å². The number of methoxy groups -OCH3 is 3. The van der Waals surface area contributed by atoms with Crippen LogP contribution in [0.25, 0.3) is 17.1 Å². The van der Waals surface area contributed by atoms with Crippen molar-refractivity contribution in [3.8, 4) is 40.1 Å². The number of aromatic nitrogens is 4. The van der Waals surface area contributed by atoms with Gasteiger partial charge in [0.2, 0.25) is 5.75 Å². The van der Waals surface area contributed by atoms with Crippen LogP contribution >= 0.6 is 11.8 Å². The molecule has 39 heavy (non-hydrogen) atoms. The van der Waals surface area contributed by atoms with Gasteiger partial charge in [0, 0.05) is 29.2 Å². The summed E-state index contributed by atoms with van der Waals surface area (Å²) in [6.45, 7) is 2.51. The number of carbonyl (C=O) groups is 1. The van der Waals surface area contributed by atoms with E-state index in [1.807, 2.05) is 47.9 Å². The van der Waals surface area contributed by atoms with Gasteiger partial charge in [-0.25, -0.2) is 5.43 Å². The summed E-state index contributed by atoms with van der Waals surface area (Å²) in [5, 5.41) is 13.3. The minimum absolute atomic E-state index is 0.0581. The Balaban J connectivity index is 1.50. The fourth-order valence-corrected chi connectivity index (χ4v) is 4.44. The second-order valence-corrected chi connectivity index (χ2v) is 8.76. The molecule has 0 aliphatic carbocycles. The van der Waals surface area contributed by atoms with Crippen molar-refractivity contribution in [2.24, 2.45) is 5.10 Å². The molecular weight excluding hydrogens is 520 g/mol. The molecule has 11 nitrogen and oxygen atoms in total. The van der Waals surface area contributed by atoms with Crippen molar-refractivity contribution in [2.75, 3.05) is 33.7 Å². The van der Waals surface area contributed by atoms with Gasteiger partial charge in [0.1, 0.15) is 5.75 Å². The van der Waals surface area contributed by atoms with Crippen LogP contribution in [0.5, 0.6) is 23.0 Å². The van der Waals surface area contributed by atoms with Crippen LogP contribution in [0.15, 0.2) is 71.2 Å². The van der Waals surface area contributed by atoms with Crippen molar-refractivity contribution in [2.45, 2.75) is 12.1 Å². The molecular formula is C27H28N6O5S. The molecule has 0 bridgehead atoms. The van der Waals surface area contributed by atoms with Gasteiger partial charge in [0.05, 0.1) is 39.9 Å². The molecule has 4 aromatic rings. The molecule has 12 heteroatoms. The molecule has 0 spiro atoms. The lowest BCUT2D eigenvalue weighted by molar-refractivity contribution is -0.118. The number of hydrogen-bond acceptors (Lipinski definition) is 10. The summed E-state index contributed by atoms with van der Waals surface area (Å²) in [7, 11) is 4.58. The summed E-state index contributed by atoms with van der Waals surface area (Å²) in [5.41, 5.74) is 4.76. The van der Waals surface area contributed by atoms with Crippen LogP contribution in [0.2, 0.25) is 0 Å². The number of ether oxygens (including phenoxy) is 4. The van der Waals surface area contributed by atoms with Gasteiger partial charge in [-0.3, -0.25) is 14.3 Å². The topological polar surface area (TPSA) is 122 Å². The van der Waals surface area contributed by atoms with Crippen LogP contribution < -0.4 is 24.4 Å². The van der Waals surface area contributed by atoms with E-state index in [1.165, 1.54) is 32.2 Å². The first-order valence-corrected chi connectivity index (χ1v) is 12.9. The molecule has 0 aliphatic heterocycles. The lowest BCUT2D eigenvalue weighted by Crippen LogP contribution is -2.20. The second-order valence-electron chi connectivity index (χ2n) is 7.82. The highest BCUT2D eigenvalue weighted by atomic mass is 32.2. The number of hydrazone groups is 1. The summed E-state index contributed by atoms with van der Waals surface area (Å²) in [5.74, 6) is 2.50. The van der Waals surface area contributed by atoms with E-state index in [4.69, 9.17) is 18.9 Å². The Morgan fingerprint density at radius 1 is 1.03 bits per heavy atom. The van der Waals surface area contributed by atoms with E-state index >= 15 is 0 Å². The van der Waals surface area contributed by atoms with E-state index < -0.39 is 0 Å². The van der Waals surface area contributed by atoms with Gasteiger partial charge in [0.25, 0.3) is 5.91 Å². The van der Waals surface area contributed by atoms with E-state index in [0.29, 0.717) is 40.4 Å². The normalized spacial score (nSPS) is 10.9. The van der Waals surface area contributed by atoms with Gasteiger partial charge >= 0.3 is 0 Å². The zero-order chi connectivity index (χ0) is 27.6. The Bertz CT molecular complexity index is 1430. The van der Waals surface area contributed by atoms with Crippen molar-refractivity contribution in [1.82, 2.24) is 25.2 Å². The maximum absolute atomic E-state index is 12.6. The molecule has 0 unspecified atom stereocenters. The quantitative estimate of drug-likeness (QED) is 0.159. The minimum Gasteiger partial charge on any atom is -0.494 e. The number of nitrogens with zero attached hydrogens (tertiary/aromatic N) is 5. The number of thioether (sulfide) groups is 1. The lowest BCUT2D eigenvalue weighted by Gasteiger charge is -2.13. The lowest BCUT2D eigenvalue weighted by atomic mass is 10.2. The Hall–Kier alpha value is -4.58.